The molecule has 21 heavy (non-hydrogen) atoms. The van der Waals surface area contributed by atoms with Crippen molar-refractivity contribution in [1.29, 1.82) is 5.26 Å². The van der Waals surface area contributed by atoms with Crippen molar-refractivity contribution >= 4 is 0 Å². The summed E-state index contributed by atoms with van der Waals surface area (Å²) in [5, 5.41) is 8.94. The van der Waals surface area contributed by atoms with Gasteiger partial charge >= 0.3 is 0 Å². The van der Waals surface area contributed by atoms with Gasteiger partial charge in [0, 0.05) is 13.0 Å². The van der Waals surface area contributed by atoms with Crippen molar-refractivity contribution in [2.24, 2.45) is 0 Å². The summed E-state index contributed by atoms with van der Waals surface area (Å²) in [6, 6.07) is 19.7. The quantitative estimate of drug-likeness (QED) is 0.694. The van der Waals surface area contributed by atoms with Gasteiger partial charge in [0.2, 0.25) is 0 Å². The molecular weight excluding hydrogens is 262 g/mol. The third-order valence-electron chi connectivity index (χ3n) is 3.08. The monoisotopic (exact) mass is 281 g/mol. The highest BCUT2D eigenvalue weighted by Crippen LogP contribution is 2.16. The molecular formula is C18H19NO2. The molecule has 0 atom stereocenters. The van der Waals surface area contributed by atoms with Crippen LogP contribution >= 0.6 is 0 Å². The molecule has 0 N–H and O–H groups in total. The molecule has 0 unspecified atom stereocenters. The van der Waals surface area contributed by atoms with E-state index in [-0.39, 0.29) is 0 Å². The zero-order valence-corrected chi connectivity index (χ0v) is 12.0. The van der Waals surface area contributed by atoms with E-state index in [9.17, 15) is 0 Å². The topological polar surface area (TPSA) is 42.2 Å². The first-order valence-electron chi connectivity index (χ1n) is 7.14. The summed E-state index contributed by atoms with van der Waals surface area (Å²) in [4.78, 5) is 0. The number of benzene rings is 2. The van der Waals surface area contributed by atoms with Gasteiger partial charge in [0.25, 0.3) is 0 Å². The van der Waals surface area contributed by atoms with Gasteiger partial charge < -0.3 is 9.47 Å². The fourth-order valence-electron chi connectivity index (χ4n) is 1.96. The summed E-state index contributed by atoms with van der Waals surface area (Å²) in [7, 11) is 0. The van der Waals surface area contributed by atoms with Crippen LogP contribution in [0.4, 0.5) is 0 Å². The van der Waals surface area contributed by atoms with Gasteiger partial charge in [0.15, 0.2) is 0 Å². The van der Waals surface area contributed by atoms with Crippen LogP contribution in [0.5, 0.6) is 5.75 Å². The van der Waals surface area contributed by atoms with E-state index < -0.39 is 0 Å². The van der Waals surface area contributed by atoms with Gasteiger partial charge in [-0.3, -0.25) is 0 Å². The van der Waals surface area contributed by atoms with Gasteiger partial charge in [-0.15, -0.1) is 0 Å². The minimum atomic E-state index is 0.560. The van der Waals surface area contributed by atoms with Crippen LogP contribution in [0, 0.1) is 11.3 Å². The molecule has 2 aromatic carbocycles. The molecule has 3 heteroatoms. The predicted molar refractivity (Wildman–Crippen MR) is 82.2 cm³/mol. The molecule has 2 aromatic rings. The Morgan fingerprint density at radius 3 is 2.43 bits per heavy atom. The molecule has 0 aliphatic heterocycles. The van der Waals surface area contributed by atoms with E-state index in [1.165, 1.54) is 5.56 Å². The minimum absolute atomic E-state index is 0.560. The lowest BCUT2D eigenvalue weighted by Crippen LogP contribution is -2.06. The van der Waals surface area contributed by atoms with Crippen molar-refractivity contribution in [2.75, 3.05) is 19.8 Å². The van der Waals surface area contributed by atoms with E-state index in [1.807, 2.05) is 36.4 Å². The summed E-state index contributed by atoms with van der Waals surface area (Å²) >= 11 is 0. The zero-order chi connectivity index (χ0) is 14.8. The maximum Gasteiger partial charge on any atom is 0.137 e. The molecule has 0 spiro atoms. The summed E-state index contributed by atoms with van der Waals surface area (Å²) in [5.41, 5.74) is 1.86. The van der Waals surface area contributed by atoms with Crippen LogP contribution in [0.3, 0.4) is 0 Å². The van der Waals surface area contributed by atoms with Crippen LogP contribution in [-0.4, -0.2) is 19.8 Å². The Bertz CT molecular complexity index is 575. The Hall–Kier alpha value is -2.31. The molecule has 0 aromatic heterocycles. The van der Waals surface area contributed by atoms with Crippen molar-refractivity contribution in [1.82, 2.24) is 0 Å². The molecule has 0 fully saturated rings. The lowest BCUT2D eigenvalue weighted by Gasteiger charge is -2.08. The number of hydrogen-bond donors (Lipinski definition) is 0. The average Bonchev–Trinajstić information content (AvgIpc) is 2.55. The highest BCUT2D eigenvalue weighted by molar-refractivity contribution is 5.42. The Labute approximate surface area is 125 Å². The molecule has 0 amide bonds. The van der Waals surface area contributed by atoms with Crippen molar-refractivity contribution < 1.29 is 9.47 Å². The largest absolute Gasteiger partial charge is 0.492 e. The summed E-state index contributed by atoms with van der Waals surface area (Å²) in [6.07, 6.45) is 1.74. The number of rotatable bonds is 8. The Morgan fingerprint density at radius 2 is 1.62 bits per heavy atom. The molecule has 0 aliphatic rings. The predicted octanol–water partition coefficient (Wildman–Crippen LogP) is 3.59. The summed E-state index contributed by atoms with van der Waals surface area (Å²) in [5.74, 6) is 0.643. The van der Waals surface area contributed by atoms with Gasteiger partial charge in [-0.2, -0.15) is 5.26 Å². The van der Waals surface area contributed by atoms with Crippen molar-refractivity contribution in [3.05, 3.63) is 65.7 Å². The number of hydrogen-bond acceptors (Lipinski definition) is 3. The van der Waals surface area contributed by atoms with Crippen LogP contribution in [0.2, 0.25) is 0 Å². The number of para-hydroxylation sites is 1. The molecule has 0 aliphatic carbocycles. The maximum absolute atomic E-state index is 8.94. The molecule has 0 saturated carbocycles. The average molecular weight is 281 g/mol. The van der Waals surface area contributed by atoms with Crippen LogP contribution in [0.25, 0.3) is 0 Å². The Kier molecular flexibility index (Phi) is 6.31. The van der Waals surface area contributed by atoms with Gasteiger partial charge in [-0.1, -0.05) is 42.5 Å². The Morgan fingerprint density at radius 1 is 0.857 bits per heavy atom. The Balaban J connectivity index is 1.57. The highest BCUT2D eigenvalue weighted by Gasteiger charge is 2.00. The number of nitrogens with zero attached hydrogens (tertiary/aromatic N) is 1. The lowest BCUT2D eigenvalue weighted by molar-refractivity contribution is 0.122. The fraction of sp³-hybridized carbons (Fsp3) is 0.278. The first-order chi connectivity index (χ1) is 10.4. The molecule has 0 heterocycles. The number of nitriles is 1. The summed E-state index contributed by atoms with van der Waals surface area (Å²) in [6.45, 7) is 1.95. The van der Waals surface area contributed by atoms with Crippen LogP contribution < -0.4 is 4.74 Å². The van der Waals surface area contributed by atoms with Gasteiger partial charge in [0.05, 0.1) is 18.8 Å². The lowest BCUT2D eigenvalue weighted by atomic mass is 10.2. The van der Waals surface area contributed by atoms with Crippen molar-refractivity contribution in [2.45, 2.75) is 12.8 Å². The van der Waals surface area contributed by atoms with E-state index in [1.54, 1.807) is 6.07 Å². The maximum atomic E-state index is 8.94. The van der Waals surface area contributed by atoms with E-state index in [0.717, 1.165) is 19.4 Å². The van der Waals surface area contributed by atoms with E-state index >= 15 is 0 Å². The third kappa shape index (κ3) is 5.29. The molecule has 0 saturated heterocycles. The van der Waals surface area contributed by atoms with Crippen LogP contribution in [0.15, 0.2) is 54.6 Å². The van der Waals surface area contributed by atoms with Gasteiger partial charge in [-0.05, 0) is 24.1 Å². The smallest absolute Gasteiger partial charge is 0.137 e. The normalized spacial score (nSPS) is 10.0. The third-order valence-corrected chi connectivity index (χ3v) is 3.08. The van der Waals surface area contributed by atoms with Gasteiger partial charge in [0.1, 0.15) is 11.8 Å². The second-order valence-electron chi connectivity index (χ2n) is 4.66. The van der Waals surface area contributed by atoms with Crippen LogP contribution in [-0.2, 0) is 11.2 Å². The van der Waals surface area contributed by atoms with E-state index in [2.05, 4.69) is 18.2 Å². The van der Waals surface area contributed by atoms with E-state index in [0.29, 0.717) is 24.5 Å². The SMILES string of the molecule is N#Cc1ccccc1OCCCOCCc1ccccc1. The molecule has 108 valence electrons. The highest BCUT2D eigenvalue weighted by atomic mass is 16.5. The fourth-order valence-corrected chi connectivity index (χ4v) is 1.96. The first kappa shape index (κ1) is 15.1. The van der Waals surface area contributed by atoms with Crippen LogP contribution in [0.1, 0.15) is 17.5 Å². The molecule has 2 rings (SSSR count). The number of ether oxygens (including phenoxy) is 2. The minimum Gasteiger partial charge on any atom is -0.492 e. The first-order valence-corrected chi connectivity index (χ1v) is 7.14. The standard InChI is InChI=1S/C18H19NO2/c19-15-17-9-4-5-10-18(17)21-13-6-12-20-14-11-16-7-2-1-3-8-16/h1-5,7-10H,6,11-14H2. The van der Waals surface area contributed by atoms with Gasteiger partial charge in [-0.25, -0.2) is 0 Å². The molecule has 3 nitrogen and oxygen atoms in total. The molecule has 0 bridgehead atoms. The second kappa shape index (κ2) is 8.78. The van der Waals surface area contributed by atoms with Crippen molar-refractivity contribution in [3.63, 3.8) is 0 Å². The zero-order valence-electron chi connectivity index (χ0n) is 12.0. The van der Waals surface area contributed by atoms with E-state index in [4.69, 9.17) is 14.7 Å². The van der Waals surface area contributed by atoms with Crippen molar-refractivity contribution in [3.8, 4) is 11.8 Å². The molecule has 0 radical (unpaired) electrons. The second-order valence-corrected chi connectivity index (χ2v) is 4.66. The summed E-state index contributed by atoms with van der Waals surface area (Å²) < 4.78 is 11.2.